The second-order valence-electron chi connectivity index (χ2n) is 7.98. The molecule has 0 aromatic heterocycles. The van der Waals surface area contributed by atoms with Crippen molar-refractivity contribution in [2.45, 2.75) is 32.4 Å². The Bertz CT molecular complexity index is 972. The third-order valence-electron chi connectivity index (χ3n) is 5.53. The summed E-state index contributed by atoms with van der Waals surface area (Å²) in [5, 5.41) is 0. The van der Waals surface area contributed by atoms with E-state index in [-0.39, 0.29) is 24.2 Å². The number of esters is 1. The van der Waals surface area contributed by atoms with Crippen LogP contribution in [0.4, 0.5) is 8.78 Å². The summed E-state index contributed by atoms with van der Waals surface area (Å²) in [6.45, 7) is 2.45. The quantitative estimate of drug-likeness (QED) is 0.641. The fourth-order valence-corrected chi connectivity index (χ4v) is 3.71. The first-order valence-electron chi connectivity index (χ1n) is 10.5. The molecule has 0 unspecified atom stereocenters. The van der Waals surface area contributed by atoms with Gasteiger partial charge in [0.05, 0.1) is 5.92 Å². The number of ether oxygens (including phenoxy) is 1. The average molecular weight is 444 g/mol. The zero-order valence-corrected chi connectivity index (χ0v) is 18.1. The van der Waals surface area contributed by atoms with Crippen molar-refractivity contribution in [3.63, 3.8) is 0 Å². The van der Waals surface area contributed by atoms with E-state index in [0.717, 1.165) is 0 Å². The lowest BCUT2D eigenvalue weighted by Gasteiger charge is -2.31. The molecule has 0 saturated carbocycles. The van der Waals surface area contributed by atoms with E-state index in [0.29, 0.717) is 37.1 Å². The van der Waals surface area contributed by atoms with Crippen molar-refractivity contribution >= 4 is 17.8 Å². The maximum Gasteiger partial charge on any atom is 0.309 e. The Hall–Kier alpha value is -3.29. The number of likely N-dealkylation sites (tertiary alicyclic amines) is 1. The van der Waals surface area contributed by atoms with Crippen LogP contribution < -0.4 is 0 Å². The fourth-order valence-electron chi connectivity index (χ4n) is 3.71. The van der Waals surface area contributed by atoms with Gasteiger partial charge in [0.1, 0.15) is 11.6 Å². The first kappa shape index (κ1) is 23.4. The van der Waals surface area contributed by atoms with Gasteiger partial charge >= 0.3 is 5.97 Å². The van der Waals surface area contributed by atoms with Crippen LogP contribution in [0.15, 0.2) is 48.5 Å². The summed E-state index contributed by atoms with van der Waals surface area (Å²) < 4.78 is 31.8. The number of piperidine rings is 1. The van der Waals surface area contributed by atoms with Gasteiger partial charge in [0.2, 0.25) is 0 Å². The number of carbonyl (C=O) groups is 3. The van der Waals surface area contributed by atoms with Gasteiger partial charge in [0, 0.05) is 32.2 Å². The maximum absolute atomic E-state index is 13.3. The molecule has 0 aliphatic carbocycles. The van der Waals surface area contributed by atoms with E-state index in [1.54, 1.807) is 24.1 Å². The number of hydrogen-bond donors (Lipinski definition) is 0. The van der Waals surface area contributed by atoms with Gasteiger partial charge in [0.15, 0.2) is 6.10 Å². The minimum absolute atomic E-state index is 0.197. The molecule has 32 heavy (non-hydrogen) atoms. The molecule has 1 fully saturated rings. The van der Waals surface area contributed by atoms with Gasteiger partial charge in [-0.25, -0.2) is 8.78 Å². The van der Waals surface area contributed by atoms with E-state index in [1.165, 1.54) is 48.2 Å². The molecule has 2 amide bonds. The predicted octanol–water partition coefficient (Wildman–Crippen LogP) is 3.41. The molecule has 2 aromatic rings. The Labute approximate surface area is 185 Å². The monoisotopic (exact) mass is 444 g/mol. The van der Waals surface area contributed by atoms with Crippen LogP contribution in [0.1, 0.15) is 35.7 Å². The molecule has 1 saturated heterocycles. The summed E-state index contributed by atoms with van der Waals surface area (Å²) in [6, 6.07) is 11.3. The molecule has 0 bridgehead atoms. The SMILES string of the molecule is C[C@@H](OC(=O)C1CCN(C(=O)c2ccc(F)cc2)CC1)C(=O)N(C)Cc1cccc(F)c1. The van der Waals surface area contributed by atoms with Gasteiger partial charge in [0.25, 0.3) is 11.8 Å². The highest BCUT2D eigenvalue weighted by Gasteiger charge is 2.31. The number of carbonyl (C=O) groups excluding carboxylic acids is 3. The third-order valence-corrected chi connectivity index (χ3v) is 5.53. The summed E-state index contributed by atoms with van der Waals surface area (Å²) in [6.07, 6.45) is -0.127. The zero-order valence-electron chi connectivity index (χ0n) is 18.1. The second kappa shape index (κ2) is 10.3. The number of benzene rings is 2. The molecule has 3 rings (SSSR count). The first-order valence-corrected chi connectivity index (χ1v) is 10.5. The van der Waals surface area contributed by atoms with Crippen LogP contribution in [-0.4, -0.2) is 53.8 Å². The van der Waals surface area contributed by atoms with Gasteiger partial charge in [-0.05, 0) is 61.7 Å². The lowest BCUT2D eigenvalue weighted by molar-refractivity contribution is -0.163. The maximum atomic E-state index is 13.3. The topological polar surface area (TPSA) is 66.9 Å². The summed E-state index contributed by atoms with van der Waals surface area (Å²) in [4.78, 5) is 40.6. The highest BCUT2D eigenvalue weighted by atomic mass is 19.1. The van der Waals surface area contributed by atoms with Crippen molar-refractivity contribution in [3.8, 4) is 0 Å². The minimum atomic E-state index is -0.972. The molecule has 0 spiro atoms. The number of amides is 2. The van der Waals surface area contributed by atoms with E-state index in [2.05, 4.69) is 0 Å². The van der Waals surface area contributed by atoms with Gasteiger partial charge in [-0.1, -0.05) is 12.1 Å². The van der Waals surface area contributed by atoms with E-state index >= 15 is 0 Å². The molecular weight excluding hydrogens is 418 g/mol. The average Bonchev–Trinajstić information content (AvgIpc) is 2.78. The molecule has 2 aromatic carbocycles. The van der Waals surface area contributed by atoms with Gasteiger partial charge < -0.3 is 14.5 Å². The molecule has 1 atom stereocenters. The van der Waals surface area contributed by atoms with Crippen LogP contribution in [0.25, 0.3) is 0 Å². The van der Waals surface area contributed by atoms with E-state index in [4.69, 9.17) is 4.74 Å². The number of nitrogens with zero attached hydrogens (tertiary/aromatic N) is 2. The van der Waals surface area contributed by atoms with E-state index < -0.39 is 23.8 Å². The van der Waals surface area contributed by atoms with Gasteiger partial charge in [-0.15, -0.1) is 0 Å². The summed E-state index contributed by atoms with van der Waals surface area (Å²) in [5.74, 6) is -2.26. The molecule has 1 aliphatic heterocycles. The number of likely N-dealkylation sites (N-methyl/N-ethyl adjacent to an activating group) is 1. The number of halogens is 2. The van der Waals surface area contributed by atoms with Crippen LogP contribution in [-0.2, 0) is 20.9 Å². The molecule has 8 heteroatoms. The standard InChI is InChI=1S/C24H26F2N2O4/c1-16(22(29)27(2)15-17-4-3-5-21(26)14-17)32-24(31)19-10-12-28(13-11-19)23(30)18-6-8-20(25)9-7-18/h3-9,14,16,19H,10-13,15H2,1-2H3/t16-/m1/s1. The van der Waals surface area contributed by atoms with Crippen molar-refractivity contribution < 1.29 is 27.9 Å². The van der Waals surface area contributed by atoms with Crippen molar-refractivity contribution in [2.75, 3.05) is 20.1 Å². The highest BCUT2D eigenvalue weighted by Crippen LogP contribution is 2.21. The summed E-state index contributed by atoms with van der Waals surface area (Å²) in [5.41, 5.74) is 1.03. The summed E-state index contributed by atoms with van der Waals surface area (Å²) in [7, 11) is 1.57. The van der Waals surface area contributed by atoms with Crippen LogP contribution >= 0.6 is 0 Å². The van der Waals surface area contributed by atoms with Crippen LogP contribution in [0.5, 0.6) is 0 Å². The number of rotatable bonds is 6. The van der Waals surface area contributed by atoms with Gasteiger partial charge in [-0.3, -0.25) is 14.4 Å². The van der Waals surface area contributed by atoms with Crippen molar-refractivity contribution in [3.05, 3.63) is 71.3 Å². The van der Waals surface area contributed by atoms with Gasteiger partial charge in [-0.2, -0.15) is 0 Å². The lowest BCUT2D eigenvalue weighted by Crippen LogP contribution is -2.42. The fraction of sp³-hybridized carbons (Fsp3) is 0.375. The predicted molar refractivity (Wildman–Crippen MR) is 113 cm³/mol. The molecular formula is C24H26F2N2O4. The molecule has 0 radical (unpaired) electrons. The molecule has 170 valence electrons. The lowest BCUT2D eigenvalue weighted by atomic mass is 9.96. The van der Waals surface area contributed by atoms with Crippen molar-refractivity contribution in [1.82, 2.24) is 9.80 Å². The molecule has 6 nitrogen and oxygen atoms in total. The van der Waals surface area contributed by atoms with Crippen molar-refractivity contribution in [2.24, 2.45) is 5.92 Å². The Morgan fingerprint density at radius 1 is 1.06 bits per heavy atom. The molecule has 1 heterocycles. The normalized spacial score (nSPS) is 15.2. The van der Waals surface area contributed by atoms with Crippen LogP contribution in [0.3, 0.4) is 0 Å². The Kier molecular flexibility index (Phi) is 7.56. The largest absolute Gasteiger partial charge is 0.452 e. The first-order chi connectivity index (χ1) is 15.2. The second-order valence-corrected chi connectivity index (χ2v) is 7.98. The minimum Gasteiger partial charge on any atom is -0.452 e. The summed E-state index contributed by atoms with van der Waals surface area (Å²) >= 11 is 0. The molecule has 1 aliphatic rings. The molecule has 0 N–H and O–H groups in total. The van der Waals surface area contributed by atoms with Crippen molar-refractivity contribution in [1.29, 1.82) is 0 Å². The van der Waals surface area contributed by atoms with Crippen LogP contribution in [0.2, 0.25) is 0 Å². The van der Waals surface area contributed by atoms with E-state index in [9.17, 15) is 23.2 Å². The Morgan fingerprint density at radius 2 is 1.72 bits per heavy atom. The highest BCUT2D eigenvalue weighted by molar-refractivity contribution is 5.94. The Balaban J connectivity index is 1.47. The zero-order chi connectivity index (χ0) is 23.3. The van der Waals surface area contributed by atoms with E-state index in [1.807, 2.05) is 0 Å². The smallest absolute Gasteiger partial charge is 0.309 e. The van der Waals surface area contributed by atoms with Crippen LogP contribution in [0, 0.1) is 17.6 Å². The third kappa shape index (κ3) is 5.90. The Morgan fingerprint density at radius 3 is 2.34 bits per heavy atom. The number of hydrogen-bond acceptors (Lipinski definition) is 4.